The molecule has 1 amide bonds. The van der Waals surface area contributed by atoms with E-state index in [1.54, 1.807) is 12.0 Å². The molecule has 0 bridgehead atoms. The standard InChI is InChI=1S/C13H26N2O3/c1-15(10-11-5-8-18-9-6-11)13(16)12(14)4-3-7-17-2/h11-12H,3-10,14H2,1-2H3. The maximum Gasteiger partial charge on any atom is 0.239 e. The highest BCUT2D eigenvalue weighted by Gasteiger charge is 2.22. The second-order valence-electron chi connectivity index (χ2n) is 5.02. The summed E-state index contributed by atoms with van der Waals surface area (Å²) in [6.45, 7) is 3.07. The van der Waals surface area contributed by atoms with Gasteiger partial charge in [0.05, 0.1) is 6.04 Å². The van der Waals surface area contributed by atoms with Gasteiger partial charge in [-0.05, 0) is 31.6 Å². The van der Waals surface area contributed by atoms with Crippen LogP contribution in [0.2, 0.25) is 0 Å². The average Bonchev–Trinajstić information content (AvgIpc) is 2.39. The van der Waals surface area contributed by atoms with Crippen LogP contribution in [-0.2, 0) is 14.3 Å². The molecule has 0 aliphatic carbocycles. The molecular formula is C13H26N2O3. The van der Waals surface area contributed by atoms with Gasteiger partial charge in [-0.3, -0.25) is 4.79 Å². The number of carbonyl (C=O) groups is 1. The first-order valence-corrected chi connectivity index (χ1v) is 6.72. The molecule has 1 heterocycles. The molecule has 1 aliphatic heterocycles. The highest BCUT2D eigenvalue weighted by molar-refractivity contribution is 5.81. The largest absolute Gasteiger partial charge is 0.385 e. The Bertz CT molecular complexity index is 242. The van der Waals surface area contributed by atoms with Crippen LogP contribution >= 0.6 is 0 Å². The first-order chi connectivity index (χ1) is 8.65. The van der Waals surface area contributed by atoms with Gasteiger partial charge < -0.3 is 20.1 Å². The quantitative estimate of drug-likeness (QED) is 0.680. The fourth-order valence-corrected chi connectivity index (χ4v) is 2.26. The fraction of sp³-hybridized carbons (Fsp3) is 0.923. The molecule has 1 rings (SSSR count). The van der Waals surface area contributed by atoms with Crippen molar-refractivity contribution in [2.45, 2.75) is 31.7 Å². The summed E-state index contributed by atoms with van der Waals surface area (Å²) in [5, 5.41) is 0. The van der Waals surface area contributed by atoms with E-state index in [-0.39, 0.29) is 5.91 Å². The minimum atomic E-state index is -0.398. The van der Waals surface area contributed by atoms with Crippen molar-refractivity contribution < 1.29 is 14.3 Å². The molecular weight excluding hydrogens is 232 g/mol. The molecule has 1 fully saturated rings. The Morgan fingerprint density at radius 2 is 2.17 bits per heavy atom. The molecule has 5 nitrogen and oxygen atoms in total. The van der Waals surface area contributed by atoms with Crippen LogP contribution in [0.3, 0.4) is 0 Å². The second-order valence-corrected chi connectivity index (χ2v) is 5.02. The summed E-state index contributed by atoms with van der Waals surface area (Å²) in [5.74, 6) is 0.594. The van der Waals surface area contributed by atoms with Gasteiger partial charge in [0.15, 0.2) is 0 Å². The molecule has 18 heavy (non-hydrogen) atoms. The Morgan fingerprint density at radius 3 is 2.78 bits per heavy atom. The SMILES string of the molecule is COCCCC(N)C(=O)N(C)CC1CCOCC1. The summed E-state index contributed by atoms with van der Waals surface area (Å²) in [4.78, 5) is 13.8. The maximum absolute atomic E-state index is 12.0. The lowest BCUT2D eigenvalue weighted by Gasteiger charge is -2.28. The highest BCUT2D eigenvalue weighted by atomic mass is 16.5. The summed E-state index contributed by atoms with van der Waals surface area (Å²) in [6, 6.07) is -0.398. The number of methoxy groups -OCH3 is 1. The first-order valence-electron chi connectivity index (χ1n) is 6.72. The molecule has 0 aromatic heterocycles. The molecule has 0 saturated carbocycles. The number of likely N-dealkylation sites (N-methyl/N-ethyl adjacent to an activating group) is 1. The van der Waals surface area contributed by atoms with Crippen LogP contribution in [-0.4, -0.2) is 57.4 Å². The Morgan fingerprint density at radius 1 is 1.50 bits per heavy atom. The summed E-state index contributed by atoms with van der Waals surface area (Å²) in [7, 11) is 3.50. The number of amides is 1. The zero-order valence-corrected chi connectivity index (χ0v) is 11.6. The van der Waals surface area contributed by atoms with Gasteiger partial charge in [-0.15, -0.1) is 0 Å². The molecule has 106 valence electrons. The maximum atomic E-state index is 12.0. The summed E-state index contributed by atoms with van der Waals surface area (Å²) >= 11 is 0. The number of nitrogens with two attached hydrogens (primary N) is 1. The van der Waals surface area contributed by atoms with E-state index in [2.05, 4.69) is 0 Å². The van der Waals surface area contributed by atoms with E-state index in [0.717, 1.165) is 39.0 Å². The molecule has 0 aromatic carbocycles. The Balaban J connectivity index is 2.25. The van der Waals surface area contributed by atoms with Gasteiger partial charge in [-0.25, -0.2) is 0 Å². The van der Waals surface area contributed by atoms with Crippen LogP contribution < -0.4 is 5.73 Å². The average molecular weight is 258 g/mol. The predicted octanol–water partition coefficient (Wildman–Crippen LogP) is 0.625. The van der Waals surface area contributed by atoms with E-state index in [1.165, 1.54) is 0 Å². The minimum Gasteiger partial charge on any atom is -0.385 e. The van der Waals surface area contributed by atoms with Crippen molar-refractivity contribution in [3.63, 3.8) is 0 Å². The van der Waals surface area contributed by atoms with Gasteiger partial charge in [0, 0.05) is 40.5 Å². The summed E-state index contributed by atoms with van der Waals surface area (Å²) < 4.78 is 10.3. The normalized spacial score (nSPS) is 18.6. The Labute approximate surface area is 110 Å². The molecule has 1 saturated heterocycles. The van der Waals surface area contributed by atoms with Gasteiger partial charge in [0.25, 0.3) is 0 Å². The van der Waals surface area contributed by atoms with Crippen LogP contribution in [0.4, 0.5) is 0 Å². The fourth-order valence-electron chi connectivity index (χ4n) is 2.26. The zero-order chi connectivity index (χ0) is 13.4. The summed E-state index contributed by atoms with van der Waals surface area (Å²) in [5.41, 5.74) is 5.89. The number of ether oxygens (including phenoxy) is 2. The van der Waals surface area contributed by atoms with E-state index < -0.39 is 6.04 Å². The Hall–Kier alpha value is -0.650. The van der Waals surface area contributed by atoms with Gasteiger partial charge >= 0.3 is 0 Å². The number of hydrogen-bond donors (Lipinski definition) is 1. The van der Waals surface area contributed by atoms with Crippen molar-refractivity contribution in [3.8, 4) is 0 Å². The van der Waals surface area contributed by atoms with Crippen molar-refractivity contribution in [1.82, 2.24) is 4.90 Å². The van der Waals surface area contributed by atoms with E-state index in [4.69, 9.17) is 15.2 Å². The van der Waals surface area contributed by atoms with Crippen molar-refractivity contribution in [1.29, 1.82) is 0 Å². The number of rotatable bonds is 7. The molecule has 1 atom stereocenters. The smallest absolute Gasteiger partial charge is 0.239 e. The molecule has 0 radical (unpaired) electrons. The van der Waals surface area contributed by atoms with Gasteiger partial charge in [0.1, 0.15) is 0 Å². The van der Waals surface area contributed by atoms with Crippen molar-refractivity contribution in [2.24, 2.45) is 11.7 Å². The van der Waals surface area contributed by atoms with E-state index in [0.29, 0.717) is 18.9 Å². The lowest BCUT2D eigenvalue weighted by Crippen LogP contribution is -2.44. The summed E-state index contributed by atoms with van der Waals surface area (Å²) in [6.07, 6.45) is 3.59. The molecule has 1 unspecified atom stereocenters. The lowest BCUT2D eigenvalue weighted by molar-refractivity contribution is -0.132. The minimum absolute atomic E-state index is 0.0394. The Kier molecular flexibility index (Phi) is 7.23. The van der Waals surface area contributed by atoms with Crippen LogP contribution in [0.25, 0.3) is 0 Å². The van der Waals surface area contributed by atoms with E-state index in [1.807, 2.05) is 7.05 Å². The topological polar surface area (TPSA) is 64.8 Å². The van der Waals surface area contributed by atoms with Crippen LogP contribution in [0, 0.1) is 5.92 Å². The van der Waals surface area contributed by atoms with E-state index in [9.17, 15) is 4.79 Å². The second kappa shape index (κ2) is 8.45. The molecule has 1 aliphatic rings. The van der Waals surface area contributed by atoms with Crippen molar-refractivity contribution >= 4 is 5.91 Å². The zero-order valence-electron chi connectivity index (χ0n) is 11.6. The predicted molar refractivity (Wildman–Crippen MR) is 70.3 cm³/mol. The number of hydrogen-bond acceptors (Lipinski definition) is 4. The van der Waals surface area contributed by atoms with E-state index >= 15 is 0 Å². The monoisotopic (exact) mass is 258 g/mol. The van der Waals surface area contributed by atoms with Gasteiger partial charge in [-0.1, -0.05) is 0 Å². The molecule has 5 heteroatoms. The third-order valence-electron chi connectivity index (χ3n) is 3.43. The molecule has 0 aromatic rings. The lowest BCUT2D eigenvalue weighted by atomic mass is 9.99. The first kappa shape index (κ1) is 15.4. The van der Waals surface area contributed by atoms with Crippen LogP contribution in [0.1, 0.15) is 25.7 Å². The molecule has 2 N–H and O–H groups in total. The van der Waals surface area contributed by atoms with Gasteiger partial charge in [-0.2, -0.15) is 0 Å². The van der Waals surface area contributed by atoms with Crippen molar-refractivity contribution in [2.75, 3.05) is 40.5 Å². The van der Waals surface area contributed by atoms with Crippen LogP contribution in [0.15, 0.2) is 0 Å². The number of carbonyl (C=O) groups excluding carboxylic acids is 1. The third-order valence-corrected chi connectivity index (χ3v) is 3.43. The number of nitrogens with zero attached hydrogens (tertiary/aromatic N) is 1. The highest BCUT2D eigenvalue weighted by Crippen LogP contribution is 2.16. The van der Waals surface area contributed by atoms with Crippen molar-refractivity contribution in [3.05, 3.63) is 0 Å². The van der Waals surface area contributed by atoms with Gasteiger partial charge in [0.2, 0.25) is 5.91 Å². The third kappa shape index (κ3) is 5.33. The molecule has 0 spiro atoms. The van der Waals surface area contributed by atoms with Crippen LogP contribution in [0.5, 0.6) is 0 Å².